The Morgan fingerprint density at radius 2 is 2.24 bits per heavy atom. The quantitative estimate of drug-likeness (QED) is 0.601. The van der Waals surface area contributed by atoms with E-state index < -0.39 is 0 Å². The van der Waals surface area contributed by atoms with E-state index in [0.29, 0.717) is 11.4 Å². The summed E-state index contributed by atoms with van der Waals surface area (Å²) in [5.41, 5.74) is 3.85. The number of nitrogens with zero attached hydrogens (tertiary/aromatic N) is 2. The Morgan fingerprint density at radius 1 is 1.53 bits per heavy atom. The first-order chi connectivity index (χ1) is 8.08. The van der Waals surface area contributed by atoms with E-state index in [1.54, 1.807) is 17.0 Å². The smallest absolute Gasteiger partial charge is 0.253 e. The SMILES string of the molecule is CCCCN(C)C(=O)c1cc(C)nc(NN)c1. The molecule has 0 atom stereocenters. The number of hydrazine groups is 1. The van der Waals surface area contributed by atoms with Crippen LogP contribution in [0.25, 0.3) is 0 Å². The van der Waals surface area contributed by atoms with E-state index in [9.17, 15) is 4.79 Å². The summed E-state index contributed by atoms with van der Waals surface area (Å²) in [7, 11) is 1.81. The van der Waals surface area contributed by atoms with Gasteiger partial charge in [0, 0.05) is 24.8 Å². The summed E-state index contributed by atoms with van der Waals surface area (Å²) in [6.45, 7) is 4.71. The van der Waals surface area contributed by atoms with Gasteiger partial charge in [0.1, 0.15) is 5.82 Å². The lowest BCUT2D eigenvalue weighted by Gasteiger charge is -2.17. The van der Waals surface area contributed by atoms with Crippen molar-refractivity contribution >= 4 is 11.7 Å². The van der Waals surface area contributed by atoms with Gasteiger partial charge in [-0.05, 0) is 25.5 Å². The zero-order valence-corrected chi connectivity index (χ0v) is 10.7. The van der Waals surface area contributed by atoms with Crippen molar-refractivity contribution in [2.45, 2.75) is 26.7 Å². The third kappa shape index (κ3) is 3.71. The van der Waals surface area contributed by atoms with Crippen LogP contribution in [0.5, 0.6) is 0 Å². The van der Waals surface area contributed by atoms with E-state index in [2.05, 4.69) is 17.3 Å². The van der Waals surface area contributed by atoms with Gasteiger partial charge in [-0.2, -0.15) is 0 Å². The molecule has 0 saturated carbocycles. The number of carbonyl (C=O) groups excluding carboxylic acids is 1. The van der Waals surface area contributed by atoms with Crippen LogP contribution in [0, 0.1) is 6.92 Å². The first-order valence-electron chi connectivity index (χ1n) is 5.79. The molecule has 1 amide bonds. The summed E-state index contributed by atoms with van der Waals surface area (Å²) in [6, 6.07) is 3.43. The van der Waals surface area contributed by atoms with Gasteiger partial charge in [0.2, 0.25) is 0 Å². The number of nitrogens with one attached hydrogen (secondary N) is 1. The highest BCUT2D eigenvalue weighted by Crippen LogP contribution is 2.11. The highest BCUT2D eigenvalue weighted by atomic mass is 16.2. The van der Waals surface area contributed by atoms with Crippen LogP contribution in [0.3, 0.4) is 0 Å². The number of amides is 1. The predicted octanol–water partition coefficient (Wildman–Crippen LogP) is 1.55. The maximum Gasteiger partial charge on any atom is 0.253 e. The molecule has 1 aromatic rings. The van der Waals surface area contributed by atoms with Gasteiger partial charge in [-0.1, -0.05) is 13.3 Å². The van der Waals surface area contributed by atoms with Crippen molar-refractivity contribution < 1.29 is 4.79 Å². The molecule has 0 aliphatic heterocycles. The van der Waals surface area contributed by atoms with Gasteiger partial charge >= 0.3 is 0 Å². The average molecular weight is 236 g/mol. The first kappa shape index (κ1) is 13.4. The topological polar surface area (TPSA) is 71.2 Å². The molecule has 0 fully saturated rings. The summed E-state index contributed by atoms with van der Waals surface area (Å²) in [6.07, 6.45) is 2.08. The van der Waals surface area contributed by atoms with Gasteiger partial charge in [-0.3, -0.25) is 4.79 Å². The van der Waals surface area contributed by atoms with Crippen LogP contribution in [0.1, 0.15) is 35.8 Å². The fourth-order valence-corrected chi connectivity index (χ4v) is 1.58. The molecule has 17 heavy (non-hydrogen) atoms. The number of nitrogen functional groups attached to an aromatic ring is 1. The summed E-state index contributed by atoms with van der Waals surface area (Å²) < 4.78 is 0. The van der Waals surface area contributed by atoms with Crippen LogP contribution in [0.4, 0.5) is 5.82 Å². The molecule has 0 aliphatic rings. The molecule has 0 saturated heterocycles. The molecule has 0 spiro atoms. The molecule has 1 heterocycles. The second kappa shape index (κ2) is 6.20. The summed E-state index contributed by atoms with van der Waals surface area (Å²) in [5.74, 6) is 5.82. The number of aryl methyl sites for hydroxylation is 1. The van der Waals surface area contributed by atoms with Crippen molar-refractivity contribution in [3.63, 3.8) is 0 Å². The van der Waals surface area contributed by atoms with Crippen LogP contribution in [0.15, 0.2) is 12.1 Å². The van der Waals surface area contributed by atoms with E-state index in [1.807, 2.05) is 14.0 Å². The minimum absolute atomic E-state index is 0.000417. The maximum absolute atomic E-state index is 12.1. The van der Waals surface area contributed by atoms with Crippen molar-refractivity contribution in [3.05, 3.63) is 23.4 Å². The minimum atomic E-state index is 0.000417. The van der Waals surface area contributed by atoms with E-state index in [-0.39, 0.29) is 5.91 Å². The van der Waals surface area contributed by atoms with Crippen molar-refractivity contribution in [1.29, 1.82) is 0 Å². The van der Waals surface area contributed by atoms with Crippen molar-refractivity contribution in [2.75, 3.05) is 19.0 Å². The Morgan fingerprint density at radius 3 is 2.82 bits per heavy atom. The second-order valence-electron chi connectivity index (χ2n) is 4.11. The zero-order valence-electron chi connectivity index (χ0n) is 10.7. The molecule has 0 bridgehead atoms. The van der Waals surface area contributed by atoms with Crippen molar-refractivity contribution in [1.82, 2.24) is 9.88 Å². The van der Waals surface area contributed by atoms with E-state index in [1.165, 1.54) is 0 Å². The van der Waals surface area contributed by atoms with Crippen molar-refractivity contribution in [2.24, 2.45) is 5.84 Å². The number of nitrogens with two attached hydrogens (primary N) is 1. The summed E-state index contributed by atoms with van der Waals surface area (Å²) in [4.78, 5) is 18.0. The monoisotopic (exact) mass is 236 g/mol. The van der Waals surface area contributed by atoms with Gasteiger partial charge in [-0.15, -0.1) is 0 Å². The molecule has 1 rings (SSSR count). The molecular formula is C12H20N4O. The highest BCUT2D eigenvalue weighted by molar-refractivity contribution is 5.94. The largest absolute Gasteiger partial charge is 0.342 e. The molecule has 3 N–H and O–H groups in total. The van der Waals surface area contributed by atoms with Gasteiger partial charge in [0.25, 0.3) is 5.91 Å². The van der Waals surface area contributed by atoms with Crippen LogP contribution >= 0.6 is 0 Å². The van der Waals surface area contributed by atoms with E-state index >= 15 is 0 Å². The Balaban J connectivity index is 2.84. The van der Waals surface area contributed by atoms with Gasteiger partial charge in [0.05, 0.1) is 0 Å². The predicted molar refractivity (Wildman–Crippen MR) is 68.7 cm³/mol. The molecule has 0 radical (unpaired) electrons. The van der Waals surface area contributed by atoms with E-state index in [4.69, 9.17) is 5.84 Å². The molecule has 0 unspecified atom stereocenters. The van der Waals surface area contributed by atoms with Crippen LogP contribution in [0.2, 0.25) is 0 Å². The minimum Gasteiger partial charge on any atom is -0.342 e. The molecule has 0 aliphatic carbocycles. The third-order valence-electron chi connectivity index (χ3n) is 2.54. The number of hydrogen-bond donors (Lipinski definition) is 2. The Labute approximate surface area is 102 Å². The van der Waals surface area contributed by atoms with Gasteiger partial charge in [0.15, 0.2) is 0 Å². The lowest BCUT2D eigenvalue weighted by atomic mass is 10.2. The number of aromatic nitrogens is 1. The summed E-state index contributed by atoms with van der Waals surface area (Å²) >= 11 is 0. The lowest BCUT2D eigenvalue weighted by molar-refractivity contribution is 0.0793. The molecule has 1 aromatic heterocycles. The number of unbranched alkanes of at least 4 members (excludes halogenated alkanes) is 1. The zero-order chi connectivity index (χ0) is 12.8. The summed E-state index contributed by atoms with van der Waals surface area (Å²) in [5, 5.41) is 0. The molecule has 94 valence electrons. The molecule has 0 aromatic carbocycles. The molecule has 5 heteroatoms. The standard InChI is InChI=1S/C12H20N4O/c1-4-5-6-16(3)12(17)10-7-9(2)14-11(8-10)15-13/h7-8H,4-6,13H2,1-3H3,(H,14,15). The number of carbonyl (C=O) groups is 1. The van der Waals surface area contributed by atoms with Gasteiger partial charge in [-0.25, -0.2) is 10.8 Å². The first-order valence-corrected chi connectivity index (χ1v) is 5.79. The normalized spacial score (nSPS) is 10.1. The Kier molecular flexibility index (Phi) is 4.90. The Hall–Kier alpha value is -1.62. The third-order valence-corrected chi connectivity index (χ3v) is 2.54. The fraction of sp³-hybridized carbons (Fsp3) is 0.500. The molecule has 5 nitrogen and oxygen atoms in total. The number of hydrogen-bond acceptors (Lipinski definition) is 4. The van der Waals surface area contributed by atoms with Crippen LogP contribution < -0.4 is 11.3 Å². The van der Waals surface area contributed by atoms with E-state index in [0.717, 1.165) is 25.1 Å². The highest BCUT2D eigenvalue weighted by Gasteiger charge is 2.12. The second-order valence-corrected chi connectivity index (χ2v) is 4.11. The van der Waals surface area contributed by atoms with Crippen molar-refractivity contribution in [3.8, 4) is 0 Å². The fourth-order valence-electron chi connectivity index (χ4n) is 1.58. The lowest BCUT2D eigenvalue weighted by Crippen LogP contribution is -2.28. The van der Waals surface area contributed by atoms with Crippen LogP contribution in [-0.4, -0.2) is 29.4 Å². The number of pyridine rings is 1. The molecular weight excluding hydrogens is 216 g/mol. The Bertz CT molecular complexity index is 392. The van der Waals surface area contributed by atoms with Crippen LogP contribution in [-0.2, 0) is 0 Å². The van der Waals surface area contributed by atoms with Gasteiger partial charge < -0.3 is 10.3 Å². The number of anilines is 1. The maximum atomic E-state index is 12.1. The number of rotatable bonds is 5. The average Bonchev–Trinajstić information content (AvgIpc) is 2.34.